The topological polar surface area (TPSA) is 69.7 Å². The fourth-order valence-corrected chi connectivity index (χ4v) is 7.01. The largest absolute Gasteiger partial charge is 0.416 e. The number of piperidine rings is 1. The van der Waals surface area contributed by atoms with Gasteiger partial charge < -0.3 is 15.1 Å². The minimum Gasteiger partial charge on any atom is -0.349 e. The summed E-state index contributed by atoms with van der Waals surface area (Å²) in [5, 5.41) is 3.50. The molecule has 2 fully saturated rings. The SMILES string of the molecule is CN(C(=O)c1cc(C(F)(F)F)cc(C(F)(F)F)c1)[C@@H]1CCN(C(=O)[C@H]2CC[C@@H](NC(=O)c3ccccc3)CC2)C[C@H]1c1ccc(Cl)c(Cl)c1. The molecule has 5 rings (SSSR count). The summed E-state index contributed by atoms with van der Waals surface area (Å²) in [6, 6.07) is 13.7. The minimum atomic E-state index is -5.12. The first-order chi connectivity index (χ1) is 23.0. The highest BCUT2D eigenvalue weighted by Crippen LogP contribution is 2.39. The predicted octanol–water partition coefficient (Wildman–Crippen LogP) is 8.48. The lowest BCUT2D eigenvalue weighted by Gasteiger charge is -2.44. The van der Waals surface area contributed by atoms with E-state index in [9.17, 15) is 40.7 Å². The van der Waals surface area contributed by atoms with E-state index in [4.69, 9.17) is 23.2 Å². The van der Waals surface area contributed by atoms with Gasteiger partial charge in [-0.15, -0.1) is 0 Å². The molecular formula is C35H33Cl2F6N3O3. The molecule has 262 valence electrons. The number of halogens is 8. The molecule has 0 unspecified atom stereocenters. The van der Waals surface area contributed by atoms with Crippen molar-refractivity contribution in [1.29, 1.82) is 0 Å². The first-order valence-electron chi connectivity index (χ1n) is 15.7. The maximum Gasteiger partial charge on any atom is 0.416 e. The first kappa shape index (κ1) is 36.5. The maximum absolute atomic E-state index is 13.8. The van der Waals surface area contributed by atoms with Crippen molar-refractivity contribution in [3.63, 3.8) is 0 Å². The molecule has 1 heterocycles. The van der Waals surface area contributed by atoms with Crippen LogP contribution in [0.25, 0.3) is 0 Å². The molecule has 1 N–H and O–H groups in total. The van der Waals surface area contributed by atoms with Crippen molar-refractivity contribution in [2.45, 2.75) is 62.5 Å². The van der Waals surface area contributed by atoms with E-state index in [1.54, 1.807) is 47.4 Å². The smallest absolute Gasteiger partial charge is 0.349 e. The van der Waals surface area contributed by atoms with E-state index >= 15 is 0 Å². The van der Waals surface area contributed by atoms with Crippen molar-refractivity contribution >= 4 is 40.9 Å². The summed E-state index contributed by atoms with van der Waals surface area (Å²) >= 11 is 12.5. The van der Waals surface area contributed by atoms with Crippen LogP contribution in [0.1, 0.15) is 75.4 Å². The second-order valence-corrected chi connectivity index (χ2v) is 13.3. The van der Waals surface area contributed by atoms with E-state index in [1.807, 2.05) is 6.07 Å². The molecule has 3 aromatic rings. The molecule has 14 heteroatoms. The number of hydrogen-bond acceptors (Lipinski definition) is 3. The number of hydrogen-bond donors (Lipinski definition) is 1. The molecule has 1 saturated heterocycles. The number of rotatable bonds is 6. The molecule has 2 aliphatic rings. The molecule has 0 bridgehead atoms. The molecule has 0 aromatic heterocycles. The van der Waals surface area contributed by atoms with Gasteiger partial charge >= 0.3 is 12.4 Å². The van der Waals surface area contributed by atoms with Crippen molar-refractivity contribution in [2.24, 2.45) is 5.92 Å². The van der Waals surface area contributed by atoms with E-state index in [0.29, 0.717) is 48.9 Å². The van der Waals surface area contributed by atoms with Crippen LogP contribution in [0.3, 0.4) is 0 Å². The molecule has 0 radical (unpaired) electrons. The summed E-state index contributed by atoms with van der Waals surface area (Å²) in [4.78, 5) is 42.8. The Balaban J connectivity index is 1.33. The highest BCUT2D eigenvalue weighted by Gasteiger charge is 2.41. The fraction of sp³-hybridized carbons (Fsp3) is 0.400. The lowest BCUT2D eigenvalue weighted by Crippen LogP contribution is -2.53. The van der Waals surface area contributed by atoms with Crippen molar-refractivity contribution in [2.75, 3.05) is 20.1 Å². The van der Waals surface area contributed by atoms with Gasteiger partial charge in [-0.1, -0.05) is 47.5 Å². The van der Waals surface area contributed by atoms with Gasteiger partial charge in [-0.3, -0.25) is 14.4 Å². The number of nitrogens with zero attached hydrogens (tertiary/aromatic N) is 2. The van der Waals surface area contributed by atoms with E-state index in [-0.39, 0.29) is 59.4 Å². The number of likely N-dealkylation sites (N-methyl/N-ethyl adjacent to an activating group) is 1. The Morgan fingerprint density at radius 1 is 0.776 bits per heavy atom. The van der Waals surface area contributed by atoms with Gasteiger partial charge in [0, 0.05) is 55.2 Å². The Kier molecular flexibility index (Phi) is 10.9. The van der Waals surface area contributed by atoms with Gasteiger partial charge in [-0.05, 0) is 80.1 Å². The third-order valence-corrected chi connectivity index (χ3v) is 10.1. The fourth-order valence-electron chi connectivity index (χ4n) is 6.71. The maximum atomic E-state index is 13.8. The number of likely N-dealkylation sites (tertiary alicyclic amines) is 1. The van der Waals surface area contributed by atoms with Crippen molar-refractivity contribution < 1.29 is 40.7 Å². The Hall–Kier alpha value is -3.77. The average Bonchev–Trinajstić information content (AvgIpc) is 3.08. The van der Waals surface area contributed by atoms with Crippen LogP contribution in [0.4, 0.5) is 26.3 Å². The molecular weight excluding hydrogens is 695 g/mol. The Morgan fingerprint density at radius 2 is 1.39 bits per heavy atom. The molecule has 3 amide bonds. The van der Waals surface area contributed by atoms with Crippen LogP contribution >= 0.6 is 23.2 Å². The number of benzene rings is 3. The van der Waals surface area contributed by atoms with E-state index < -0.39 is 46.9 Å². The summed E-state index contributed by atoms with van der Waals surface area (Å²) in [5.41, 5.74) is -2.78. The van der Waals surface area contributed by atoms with Crippen molar-refractivity contribution in [3.8, 4) is 0 Å². The summed E-state index contributed by atoms with van der Waals surface area (Å²) < 4.78 is 81.3. The number of carbonyl (C=O) groups excluding carboxylic acids is 3. The monoisotopic (exact) mass is 727 g/mol. The summed E-state index contributed by atoms with van der Waals surface area (Å²) in [6.45, 7) is 0.333. The van der Waals surface area contributed by atoms with Crippen LogP contribution in [0.5, 0.6) is 0 Å². The average molecular weight is 729 g/mol. The van der Waals surface area contributed by atoms with E-state index in [0.717, 1.165) is 4.90 Å². The van der Waals surface area contributed by atoms with Crippen LogP contribution < -0.4 is 5.32 Å². The second-order valence-electron chi connectivity index (χ2n) is 12.5. The van der Waals surface area contributed by atoms with Crippen molar-refractivity contribution in [3.05, 3.63) is 105 Å². The standard InChI is InChI=1S/C35H33Cl2F6N3O3/c1-45(32(48)23-15-24(34(38,39)40)18-25(16-23)35(41,42)43)30-13-14-46(19-27(30)22-9-12-28(36)29(37)17-22)33(49)21-7-10-26(11-8-21)44-31(47)20-5-3-2-4-6-20/h2-6,9,12,15-18,21,26-27,30H,7-8,10-11,13-14,19H2,1H3,(H,44,47)/t21-,26+,27-,30+/m0/s1. The van der Waals surface area contributed by atoms with Gasteiger partial charge in [0.25, 0.3) is 11.8 Å². The quantitative estimate of drug-likeness (QED) is 0.259. The molecule has 3 aromatic carbocycles. The third-order valence-electron chi connectivity index (χ3n) is 9.36. The molecule has 1 saturated carbocycles. The molecule has 2 atom stereocenters. The Morgan fingerprint density at radius 3 is 1.96 bits per heavy atom. The number of amides is 3. The van der Waals surface area contributed by atoms with Crippen LogP contribution in [0.15, 0.2) is 66.7 Å². The van der Waals surface area contributed by atoms with Crippen LogP contribution in [0.2, 0.25) is 10.0 Å². The third kappa shape index (κ3) is 8.52. The first-order valence-corrected chi connectivity index (χ1v) is 16.4. The second kappa shape index (κ2) is 14.6. The number of alkyl halides is 6. The van der Waals surface area contributed by atoms with Gasteiger partial charge in [0.15, 0.2) is 0 Å². The van der Waals surface area contributed by atoms with Gasteiger partial charge in [0.2, 0.25) is 5.91 Å². The normalized spacial score (nSPS) is 21.6. The lowest BCUT2D eigenvalue weighted by atomic mass is 9.82. The van der Waals surface area contributed by atoms with E-state index in [1.165, 1.54) is 7.05 Å². The molecule has 1 aliphatic carbocycles. The van der Waals surface area contributed by atoms with E-state index in [2.05, 4.69) is 5.32 Å². The summed E-state index contributed by atoms with van der Waals surface area (Å²) in [5.74, 6) is -2.20. The van der Waals surface area contributed by atoms with Gasteiger partial charge in [0.05, 0.1) is 21.2 Å². The number of nitrogens with one attached hydrogen (secondary N) is 1. The zero-order valence-corrected chi connectivity index (χ0v) is 27.8. The highest BCUT2D eigenvalue weighted by atomic mass is 35.5. The van der Waals surface area contributed by atoms with Gasteiger partial charge in [-0.2, -0.15) is 26.3 Å². The minimum absolute atomic E-state index is 0.0237. The Labute approximate surface area is 289 Å². The predicted molar refractivity (Wildman–Crippen MR) is 172 cm³/mol. The summed E-state index contributed by atoms with van der Waals surface area (Å²) in [6.07, 6.45) is -7.72. The highest BCUT2D eigenvalue weighted by molar-refractivity contribution is 6.42. The van der Waals surface area contributed by atoms with Crippen molar-refractivity contribution in [1.82, 2.24) is 15.1 Å². The Bertz CT molecular complexity index is 1660. The molecule has 6 nitrogen and oxygen atoms in total. The van der Waals surface area contributed by atoms with Crippen LogP contribution in [0, 0.1) is 5.92 Å². The summed E-state index contributed by atoms with van der Waals surface area (Å²) in [7, 11) is 1.33. The lowest BCUT2D eigenvalue weighted by molar-refractivity contribution is -0.143. The number of carbonyl (C=O) groups is 3. The van der Waals surface area contributed by atoms with Crippen LogP contribution in [-0.4, -0.2) is 59.7 Å². The van der Waals surface area contributed by atoms with Crippen LogP contribution in [-0.2, 0) is 17.1 Å². The molecule has 49 heavy (non-hydrogen) atoms. The molecule has 0 spiro atoms. The molecule has 1 aliphatic heterocycles. The van der Waals surface area contributed by atoms with Gasteiger partial charge in [-0.25, -0.2) is 0 Å². The zero-order chi connectivity index (χ0) is 35.7. The van der Waals surface area contributed by atoms with Gasteiger partial charge in [0.1, 0.15) is 0 Å². The zero-order valence-electron chi connectivity index (χ0n) is 26.3.